The van der Waals surface area contributed by atoms with Gasteiger partial charge < -0.3 is 34.7 Å². The number of aliphatic hydroxyl groups excluding tert-OH is 1. The maximum absolute atomic E-state index is 10.6. The highest BCUT2D eigenvalue weighted by Gasteiger charge is 2.11. The molecule has 0 aliphatic carbocycles. The molecule has 0 saturated heterocycles. The summed E-state index contributed by atoms with van der Waals surface area (Å²) in [5.74, 6) is 2.25. The van der Waals surface area contributed by atoms with Gasteiger partial charge in [0.2, 0.25) is 0 Å². The summed E-state index contributed by atoms with van der Waals surface area (Å²) in [5, 5.41) is 17.0. The van der Waals surface area contributed by atoms with Crippen molar-refractivity contribution in [3.63, 3.8) is 0 Å². The summed E-state index contributed by atoms with van der Waals surface area (Å²) < 4.78 is 21.5. The Balaban J connectivity index is 1.65. The van der Waals surface area contributed by atoms with Gasteiger partial charge in [-0.15, -0.1) is 0 Å². The molecule has 0 radical (unpaired) electrons. The lowest BCUT2D eigenvalue weighted by Crippen LogP contribution is -2.15. The van der Waals surface area contributed by atoms with E-state index in [1.54, 1.807) is 14.2 Å². The minimum absolute atomic E-state index is 0.0364. The zero-order valence-corrected chi connectivity index (χ0v) is 19.7. The van der Waals surface area contributed by atoms with Crippen molar-refractivity contribution in [2.24, 2.45) is 4.99 Å². The molecule has 1 aliphatic heterocycles. The van der Waals surface area contributed by atoms with E-state index >= 15 is 0 Å². The first-order valence-electron chi connectivity index (χ1n) is 10.9. The number of benzene rings is 2. The summed E-state index contributed by atoms with van der Waals surface area (Å²) in [5.41, 5.74) is 3.22. The molecule has 0 bridgehead atoms. The van der Waals surface area contributed by atoms with Crippen LogP contribution in [-0.4, -0.2) is 52.0 Å². The third kappa shape index (κ3) is 7.31. The first-order chi connectivity index (χ1) is 16.6. The number of anilines is 2. The second kappa shape index (κ2) is 13.0. The highest BCUT2D eigenvalue weighted by atomic mass is 16.6. The summed E-state index contributed by atoms with van der Waals surface area (Å²) in [6.07, 6.45) is 6.81. The fourth-order valence-corrected chi connectivity index (χ4v) is 3.17. The minimum atomic E-state index is 0.0364. The monoisotopic (exact) mass is 465 g/mol. The molecule has 1 aliphatic rings. The van der Waals surface area contributed by atoms with Gasteiger partial charge in [-0.25, -0.2) is 4.99 Å². The van der Waals surface area contributed by atoms with Crippen molar-refractivity contribution >= 4 is 23.5 Å². The molecule has 0 fully saturated rings. The predicted molar refractivity (Wildman–Crippen MR) is 136 cm³/mol. The standard InChI is InChI=1S/C26H31N3O5/c1-19(32-3)14-20(10-11-31-2)16-28-23-7-5-4-6-22(23)24(30)17-27-18-29-21-8-9-25-26(15-21)34-13-12-33-25/h4-10,14-15,17-18,28,30H,11-13,16H2,1-3H3,(H,27,29)/b19-14+,20-10+,24-17-. The van der Waals surface area contributed by atoms with Crippen molar-refractivity contribution in [3.8, 4) is 11.5 Å². The molecule has 2 aromatic carbocycles. The van der Waals surface area contributed by atoms with Crippen LogP contribution in [0.4, 0.5) is 11.4 Å². The van der Waals surface area contributed by atoms with Crippen LogP contribution < -0.4 is 20.1 Å². The first-order valence-corrected chi connectivity index (χ1v) is 10.9. The Morgan fingerprint density at radius 3 is 2.71 bits per heavy atom. The summed E-state index contributed by atoms with van der Waals surface area (Å²) >= 11 is 0. The minimum Gasteiger partial charge on any atom is -0.506 e. The van der Waals surface area contributed by atoms with Gasteiger partial charge in [0.25, 0.3) is 0 Å². The zero-order chi connectivity index (χ0) is 24.2. The summed E-state index contributed by atoms with van der Waals surface area (Å²) in [6, 6.07) is 13.1. The number of aliphatic imine (C=N–C) groups is 1. The molecule has 0 unspecified atom stereocenters. The molecule has 3 rings (SSSR count). The number of fused-ring (bicyclic) bond motifs is 1. The topological polar surface area (TPSA) is 93.6 Å². The van der Waals surface area contributed by atoms with Crippen LogP contribution in [0, 0.1) is 0 Å². The van der Waals surface area contributed by atoms with Gasteiger partial charge in [-0.3, -0.25) is 0 Å². The van der Waals surface area contributed by atoms with Crippen LogP contribution in [0.3, 0.4) is 0 Å². The molecule has 8 nitrogen and oxygen atoms in total. The van der Waals surface area contributed by atoms with Gasteiger partial charge in [0.15, 0.2) is 11.5 Å². The molecule has 0 atom stereocenters. The molecule has 0 amide bonds. The highest BCUT2D eigenvalue weighted by Crippen LogP contribution is 2.32. The van der Waals surface area contributed by atoms with Crippen LogP contribution in [0.15, 0.2) is 77.1 Å². The summed E-state index contributed by atoms with van der Waals surface area (Å²) in [7, 11) is 3.28. The molecule has 2 aromatic rings. The lowest BCUT2D eigenvalue weighted by molar-refractivity contribution is 0.171. The first kappa shape index (κ1) is 24.7. The van der Waals surface area contributed by atoms with Crippen LogP contribution in [0.2, 0.25) is 0 Å². The van der Waals surface area contributed by atoms with E-state index in [0.717, 1.165) is 28.5 Å². The SMILES string of the molecule is COC/C=C(\C=C(/C)OC)CNc1ccccc1/C(O)=C/N=CNc1ccc2c(c1)OCCO2. The van der Waals surface area contributed by atoms with Crippen molar-refractivity contribution < 1.29 is 24.1 Å². The molecular weight excluding hydrogens is 434 g/mol. The van der Waals surface area contributed by atoms with Gasteiger partial charge in [-0.1, -0.05) is 18.2 Å². The second-order valence-electron chi connectivity index (χ2n) is 7.39. The lowest BCUT2D eigenvalue weighted by atomic mass is 10.1. The Kier molecular flexibility index (Phi) is 9.42. The Labute approximate surface area is 200 Å². The van der Waals surface area contributed by atoms with Crippen LogP contribution in [0.1, 0.15) is 12.5 Å². The van der Waals surface area contributed by atoms with Gasteiger partial charge in [0.05, 0.1) is 32.0 Å². The van der Waals surface area contributed by atoms with Crippen LogP contribution >= 0.6 is 0 Å². The molecule has 8 heteroatoms. The zero-order valence-electron chi connectivity index (χ0n) is 19.7. The number of aliphatic hydroxyl groups is 1. The van der Waals surface area contributed by atoms with E-state index < -0.39 is 0 Å². The van der Waals surface area contributed by atoms with Gasteiger partial charge >= 0.3 is 0 Å². The summed E-state index contributed by atoms with van der Waals surface area (Å²) in [4.78, 5) is 4.18. The van der Waals surface area contributed by atoms with E-state index in [1.807, 2.05) is 61.5 Å². The Bertz CT molecular complexity index is 1080. The molecule has 180 valence electrons. The average molecular weight is 466 g/mol. The smallest absolute Gasteiger partial charge is 0.163 e. The number of hydrogen-bond donors (Lipinski definition) is 3. The van der Waals surface area contributed by atoms with Crippen molar-refractivity contribution in [2.45, 2.75) is 6.92 Å². The predicted octanol–water partition coefficient (Wildman–Crippen LogP) is 4.99. The van der Waals surface area contributed by atoms with Gasteiger partial charge in [-0.05, 0) is 42.8 Å². The molecule has 0 spiro atoms. The highest BCUT2D eigenvalue weighted by molar-refractivity contribution is 5.78. The maximum Gasteiger partial charge on any atom is 0.163 e. The number of hydrogen-bond acceptors (Lipinski definition) is 7. The van der Waals surface area contributed by atoms with Crippen LogP contribution in [-0.2, 0) is 9.47 Å². The van der Waals surface area contributed by atoms with Crippen molar-refractivity contribution in [1.29, 1.82) is 0 Å². The van der Waals surface area contributed by atoms with E-state index in [2.05, 4.69) is 15.6 Å². The average Bonchev–Trinajstić information content (AvgIpc) is 2.88. The number of allylic oxidation sites excluding steroid dienone is 1. The summed E-state index contributed by atoms with van der Waals surface area (Å²) in [6.45, 7) is 3.99. The van der Waals surface area contributed by atoms with Gasteiger partial charge in [0, 0.05) is 36.7 Å². The molecule has 1 heterocycles. The van der Waals surface area contributed by atoms with Crippen molar-refractivity contribution in [3.05, 3.63) is 77.7 Å². The molecule has 34 heavy (non-hydrogen) atoms. The fourth-order valence-electron chi connectivity index (χ4n) is 3.17. The number of para-hydroxylation sites is 1. The van der Waals surface area contributed by atoms with Gasteiger partial charge in [0.1, 0.15) is 19.0 Å². The second-order valence-corrected chi connectivity index (χ2v) is 7.39. The van der Waals surface area contributed by atoms with E-state index in [0.29, 0.717) is 37.7 Å². The quantitative estimate of drug-likeness (QED) is 0.186. The molecular formula is C26H31N3O5. The maximum atomic E-state index is 10.6. The largest absolute Gasteiger partial charge is 0.506 e. The van der Waals surface area contributed by atoms with E-state index in [4.69, 9.17) is 18.9 Å². The van der Waals surface area contributed by atoms with Crippen molar-refractivity contribution in [1.82, 2.24) is 0 Å². The number of rotatable bonds is 11. The molecule has 0 aromatic heterocycles. The Morgan fingerprint density at radius 1 is 1.12 bits per heavy atom. The molecule has 3 N–H and O–H groups in total. The van der Waals surface area contributed by atoms with Crippen molar-refractivity contribution in [2.75, 3.05) is 51.2 Å². The van der Waals surface area contributed by atoms with Crippen LogP contribution in [0.25, 0.3) is 5.76 Å². The molecule has 0 saturated carbocycles. The number of nitrogens with zero attached hydrogens (tertiary/aromatic N) is 1. The lowest BCUT2D eigenvalue weighted by Gasteiger charge is -2.18. The number of methoxy groups -OCH3 is 2. The normalized spacial score (nSPS) is 14.3. The van der Waals surface area contributed by atoms with E-state index in [-0.39, 0.29) is 5.76 Å². The Morgan fingerprint density at radius 2 is 1.91 bits per heavy atom. The van der Waals surface area contributed by atoms with E-state index in [9.17, 15) is 5.11 Å². The van der Waals surface area contributed by atoms with Gasteiger partial charge in [-0.2, -0.15) is 0 Å². The third-order valence-corrected chi connectivity index (χ3v) is 4.95. The Hall–Kier alpha value is -3.91. The van der Waals surface area contributed by atoms with E-state index in [1.165, 1.54) is 12.5 Å². The number of nitrogens with one attached hydrogen (secondary N) is 2. The number of ether oxygens (including phenoxy) is 4. The third-order valence-electron chi connectivity index (χ3n) is 4.95. The fraction of sp³-hybridized carbons (Fsp3) is 0.269. The van der Waals surface area contributed by atoms with Crippen LogP contribution in [0.5, 0.6) is 11.5 Å².